The molecule has 0 heterocycles. The number of carboxylic acids is 2. The zero-order valence-corrected chi connectivity index (χ0v) is 17.7. The molecule has 2 aromatic rings. The molecular weight excluding hydrogens is 451 g/mol. The van der Waals surface area contributed by atoms with E-state index in [4.69, 9.17) is 34.8 Å². The van der Waals surface area contributed by atoms with Gasteiger partial charge in [0.25, 0.3) is 0 Å². The highest BCUT2D eigenvalue weighted by atomic mass is 35.5. The van der Waals surface area contributed by atoms with Gasteiger partial charge in [0.2, 0.25) is 0 Å². The normalized spacial score (nSPS) is 13.1. The molecule has 0 saturated carbocycles. The molecule has 0 aromatic heterocycles. The number of carbonyl (C=O) groups is 2. The Morgan fingerprint density at radius 3 is 1.74 bits per heavy atom. The summed E-state index contributed by atoms with van der Waals surface area (Å²) in [6, 6.07) is 12.0. The zero-order chi connectivity index (χ0) is 20.0. The van der Waals surface area contributed by atoms with Crippen molar-refractivity contribution in [2.75, 3.05) is 0 Å². The summed E-state index contributed by atoms with van der Waals surface area (Å²) in [5.41, 5.74) is 1.64. The largest absolute Gasteiger partial charge is 0.480 e. The smallest absolute Gasteiger partial charge is 0.318 e. The molecule has 0 radical (unpaired) electrons. The highest BCUT2D eigenvalue weighted by molar-refractivity contribution is 8.04. The summed E-state index contributed by atoms with van der Waals surface area (Å²) >= 11 is 19.8. The highest BCUT2D eigenvalue weighted by Gasteiger charge is 2.34. The molecule has 0 aliphatic rings. The average Bonchev–Trinajstić information content (AvgIpc) is 2.61. The van der Waals surface area contributed by atoms with Gasteiger partial charge in [-0.15, -0.1) is 23.5 Å². The number of hydrogen-bond donors (Lipinski definition) is 2. The average molecular weight is 466 g/mol. The van der Waals surface area contributed by atoms with Gasteiger partial charge in [-0.2, -0.15) is 0 Å². The number of thioether (sulfide) groups is 2. The third-order valence-electron chi connectivity index (χ3n) is 3.52. The molecule has 0 saturated heterocycles. The minimum Gasteiger partial charge on any atom is -0.480 e. The monoisotopic (exact) mass is 464 g/mol. The quantitative estimate of drug-likeness (QED) is 0.493. The fourth-order valence-electron chi connectivity index (χ4n) is 2.16. The molecule has 0 aliphatic heterocycles. The highest BCUT2D eigenvalue weighted by Crippen LogP contribution is 2.32. The maximum absolute atomic E-state index is 11.7. The summed E-state index contributed by atoms with van der Waals surface area (Å²) in [7, 11) is 0. The van der Waals surface area contributed by atoms with Gasteiger partial charge < -0.3 is 10.2 Å². The van der Waals surface area contributed by atoms with Crippen LogP contribution in [0.1, 0.15) is 11.1 Å². The Balaban J connectivity index is 2.07. The van der Waals surface area contributed by atoms with E-state index in [-0.39, 0.29) is 0 Å². The molecule has 144 valence electrons. The molecule has 2 unspecified atom stereocenters. The minimum atomic E-state index is -1.17. The summed E-state index contributed by atoms with van der Waals surface area (Å²) in [5, 5.41) is 18.2. The van der Waals surface area contributed by atoms with E-state index in [1.807, 2.05) is 0 Å². The van der Waals surface area contributed by atoms with Gasteiger partial charge >= 0.3 is 11.9 Å². The van der Waals surface area contributed by atoms with Gasteiger partial charge in [0.15, 0.2) is 0 Å². The Labute approximate surface area is 180 Å². The van der Waals surface area contributed by atoms with Gasteiger partial charge in [-0.1, -0.05) is 53.0 Å². The summed E-state index contributed by atoms with van der Waals surface area (Å²) in [6.07, 6.45) is 0. The number of rotatable bonds is 9. The second-order valence-electron chi connectivity index (χ2n) is 5.51. The number of carboxylic acid groups (broad SMARTS) is 2. The van der Waals surface area contributed by atoms with E-state index in [1.54, 1.807) is 42.5 Å². The maximum atomic E-state index is 11.7. The fraction of sp³-hybridized carbons (Fsp3) is 0.222. The minimum absolute atomic E-state index is 0.305. The van der Waals surface area contributed by atoms with E-state index in [9.17, 15) is 19.8 Å². The van der Waals surface area contributed by atoms with Gasteiger partial charge in [0, 0.05) is 16.5 Å². The predicted molar refractivity (Wildman–Crippen MR) is 113 cm³/mol. The van der Waals surface area contributed by atoms with Crippen LogP contribution in [0.15, 0.2) is 42.5 Å². The van der Waals surface area contributed by atoms with Crippen LogP contribution in [0.4, 0.5) is 0 Å². The topological polar surface area (TPSA) is 74.6 Å². The lowest BCUT2D eigenvalue weighted by atomic mass is 10.2. The van der Waals surface area contributed by atoms with Crippen LogP contribution in [0.5, 0.6) is 0 Å². The molecule has 2 N–H and O–H groups in total. The molecule has 0 fully saturated rings. The van der Waals surface area contributed by atoms with Gasteiger partial charge in [-0.25, -0.2) is 0 Å². The summed E-state index contributed by atoms with van der Waals surface area (Å²) < 4.78 is 0. The molecule has 2 atom stereocenters. The standard InChI is InChI=1S/C18H15Cl3O4S2/c19-12-4-1-10(2-5-12)8-26-15(17(22)23)16(18(24)25)27-9-11-3-6-13(20)14(21)7-11/h1-7,15-16H,8-9H2,(H,22,23)(H,24,25). The summed E-state index contributed by atoms with van der Waals surface area (Å²) in [6.45, 7) is 0. The van der Waals surface area contributed by atoms with Crippen LogP contribution >= 0.6 is 58.3 Å². The Morgan fingerprint density at radius 1 is 0.778 bits per heavy atom. The lowest BCUT2D eigenvalue weighted by Crippen LogP contribution is -2.35. The van der Waals surface area contributed by atoms with Crippen molar-refractivity contribution in [2.24, 2.45) is 0 Å². The first kappa shape index (κ1) is 22.2. The molecule has 0 amide bonds. The van der Waals surface area contributed by atoms with Crippen molar-refractivity contribution in [1.82, 2.24) is 0 Å². The Hall–Kier alpha value is -1.05. The number of benzene rings is 2. The Morgan fingerprint density at radius 2 is 1.26 bits per heavy atom. The second-order valence-corrected chi connectivity index (χ2v) is 9.03. The molecule has 0 bridgehead atoms. The molecule has 0 aliphatic carbocycles. The van der Waals surface area contributed by atoms with Gasteiger partial charge in [-0.3, -0.25) is 9.59 Å². The van der Waals surface area contributed by atoms with E-state index < -0.39 is 22.4 Å². The first-order valence-electron chi connectivity index (χ1n) is 7.65. The number of halogens is 3. The summed E-state index contributed by atoms with van der Waals surface area (Å²) in [5.74, 6) is -1.66. The van der Waals surface area contributed by atoms with E-state index in [2.05, 4.69) is 0 Å². The lowest BCUT2D eigenvalue weighted by molar-refractivity contribution is -0.142. The van der Waals surface area contributed by atoms with Crippen LogP contribution in [0.3, 0.4) is 0 Å². The van der Waals surface area contributed by atoms with Crippen LogP contribution in [0.2, 0.25) is 15.1 Å². The Bertz CT molecular complexity index is 815. The van der Waals surface area contributed by atoms with Crippen molar-refractivity contribution < 1.29 is 19.8 Å². The third-order valence-corrected chi connectivity index (χ3v) is 7.35. The fourth-order valence-corrected chi connectivity index (χ4v) is 5.06. The molecule has 2 aromatic carbocycles. The lowest BCUT2D eigenvalue weighted by Gasteiger charge is -2.20. The van der Waals surface area contributed by atoms with Crippen molar-refractivity contribution in [3.63, 3.8) is 0 Å². The zero-order valence-electron chi connectivity index (χ0n) is 13.8. The number of hydrogen-bond acceptors (Lipinski definition) is 4. The number of aliphatic carboxylic acids is 2. The van der Waals surface area contributed by atoms with E-state index in [0.29, 0.717) is 26.6 Å². The van der Waals surface area contributed by atoms with Crippen LogP contribution in [-0.2, 0) is 21.1 Å². The van der Waals surface area contributed by atoms with Crippen LogP contribution in [0.25, 0.3) is 0 Å². The van der Waals surface area contributed by atoms with Gasteiger partial charge in [0.1, 0.15) is 10.5 Å². The molecular formula is C18H15Cl3O4S2. The molecule has 9 heteroatoms. The second kappa shape index (κ2) is 10.5. The molecule has 2 rings (SSSR count). The maximum Gasteiger partial charge on any atom is 0.318 e. The van der Waals surface area contributed by atoms with E-state index >= 15 is 0 Å². The van der Waals surface area contributed by atoms with Crippen LogP contribution in [0, 0.1) is 0 Å². The predicted octanol–water partition coefficient (Wildman–Crippen LogP) is 5.72. The summed E-state index contributed by atoms with van der Waals surface area (Å²) in [4.78, 5) is 23.4. The Kier molecular flexibility index (Phi) is 8.63. The van der Waals surface area contributed by atoms with E-state index in [1.165, 1.54) is 0 Å². The molecule has 27 heavy (non-hydrogen) atoms. The SMILES string of the molecule is O=C(O)C(SCc1ccc(Cl)cc1)C(SCc1ccc(Cl)c(Cl)c1)C(=O)O. The molecule has 4 nitrogen and oxygen atoms in total. The van der Waals surface area contributed by atoms with Gasteiger partial charge in [-0.05, 0) is 35.4 Å². The van der Waals surface area contributed by atoms with Gasteiger partial charge in [0.05, 0.1) is 10.0 Å². The van der Waals surface area contributed by atoms with Crippen molar-refractivity contribution >= 4 is 70.3 Å². The molecule has 0 spiro atoms. The van der Waals surface area contributed by atoms with Crippen molar-refractivity contribution in [2.45, 2.75) is 22.0 Å². The first-order valence-corrected chi connectivity index (χ1v) is 10.9. The third kappa shape index (κ3) is 6.80. The van der Waals surface area contributed by atoms with Crippen molar-refractivity contribution in [1.29, 1.82) is 0 Å². The van der Waals surface area contributed by atoms with Crippen LogP contribution < -0.4 is 0 Å². The van der Waals surface area contributed by atoms with E-state index in [0.717, 1.165) is 34.7 Å². The van der Waals surface area contributed by atoms with Crippen LogP contribution in [-0.4, -0.2) is 32.7 Å². The van der Waals surface area contributed by atoms with Crippen molar-refractivity contribution in [3.05, 3.63) is 68.7 Å². The van der Waals surface area contributed by atoms with Crippen molar-refractivity contribution in [3.8, 4) is 0 Å². The first-order chi connectivity index (χ1) is 12.8.